The first-order chi connectivity index (χ1) is 18.0. The van der Waals surface area contributed by atoms with E-state index in [-0.39, 0.29) is 23.8 Å². The van der Waals surface area contributed by atoms with Gasteiger partial charge in [0.15, 0.2) is 23.2 Å². The molecule has 0 atom stereocenters. The predicted octanol–water partition coefficient (Wildman–Crippen LogP) is 10.5. The summed E-state index contributed by atoms with van der Waals surface area (Å²) in [4.78, 5) is 0. The highest BCUT2D eigenvalue weighted by Crippen LogP contribution is 2.48. The van der Waals surface area contributed by atoms with Crippen LogP contribution in [-0.2, 0) is 6.18 Å². The summed E-state index contributed by atoms with van der Waals surface area (Å²) in [7, 11) is 0. The first-order valence-corrected chi connectivity index (χ1v) is 13.4. The zero-order chi connectivity index (χ0) is 27.6. The molecule has 2 aromatic carbocycles. The first kappa shape index (κ1) is 28.7. The molecule has 0 aromatic heterocycles. The van der Waals surface area contributed by atoms with Gasteiger partial charge >= 0.3 is 6.18 Å². The van der Waals surface area contributed by atoms with Crippen molar-refractivity contribution in [3.8, 4) is 11.5 Å². The number of benzene rings is 2. The van der Waals surface area contributed by atoms with Crippen molar-refractivity contribution in [1.82, 2.24) is 0 Å². The fourth-order valence-corrected chi connectivity index (χ4v) is 6.38. The molecule has 0 radical (unpaired) electrons. The number of hydrogen-bond acceptors (Lipinski definition) is 1. The third kappa shape index (κ3) is 6.28. The van der Waals surface area contributed by atoms with Crippen molar-refractivity contribution in [3.05, 3.63) is 58.4 Å². The summed E-state index contributed by atoms with van der Waals surface area (Å²) in [6.07, 6.45) is 5.48. The first-order valence-electron chi connectivity index (χ1n) is 13.4. The maximum Gasteiger partial charge on any atom is 0.422 e. The number of ether oxygens (including phenoxy) is 1. The molecule has 0 heterocycles. The fraction of sp³-hybridized carbons (Fsp3) is 0.586. The Labute approximate surface area is 217 Å². The summed E-state index contributed by atoms with van der Waals surface area (Å²) in [5.74, 6) is -8.34. The standard InChI is InChI=1S/C29H32F8O/c1-2-3-4-16-5-7-17(8-6-16)18-9-11-19(12-10-18)25-27(34)23(32)15-24(33)28(25)38-20-13-21(30)26(22(31)14-20)29(35,36)37/h13-19H,2-12H2,1H3. The SMILES string of the molecule is CCCCC1CCC(C2CCC(c3c(F)c(F)cc(F)c3Oc3cc(F)c(C(F)(F)F)c(F)c3)CC2)CC1. The molecule has 0 unspecified atom stereocenters. The molecule has 2 saturated carbocycles. The van der Waals surface area contributed by atoms with Gasteiger partial charge in [-0.2, -0.15) is 13.2 Å². The minimum Gasteiger partial charge on any atom is -0.454 e. The molecule has 4 rings (SSSR count). The quantitative estimate of drug-likeness (QED) is 0.247. The average molecular weight is 549 g/mol. The highest BCUT2D eigenvalue weighted by Gasteiger charge is 2.39. The average Bonchev–Trinajstić information content (AvgIpc) is 2.85. The van der Waals surface area contributed by atoms with Crippen molar-refractivity contribution >= 4 is 0 Å². The van der Waals surface area contributed by atoms with E-state index in [4.69, 9.17) is 4.74 Å². The zero-order valence-electron chi connectivity index (χ0n) is 21.3. The van der Waals surface area contributed by atoms with E-state index >= 15 is 0 Å². The van der Waals surface area contributed by atoms with Gasteiger partial charge in [0.05, 0.1) is 0 Å². The van der Waals surface area contributed by atoms with E-state index in [2.05, 4.69) is 6.92 Å². The summed E-state index contributed by atoms with van der Waals surface area (Å²) < 4.78 is 116. The smallest absolute Gasteiger partial charge is 0.422 e. The van der Waals surface area contributed by atoms with Crippen LogP contribution in [-0.4, -0.2) is 0 Å². The van der Waals surface area contributed by atoms with E-state index in [1.165, 1.54) is 32.1 Å². The lowest BCUT2D eigenvalue weighted by atomic mass is 9.68. The van der Waals surface area contributed by atoms with Gasteiger partial charge < -0.3 is 4.74 Å². The van der Waals surface area contributed by atoms with Crippen molar-refractivity contribution < 1.29 is 39.9 Å². The molecule has 0 bridgehead atoms. The Morgan fingerprint density at radius 2 is 1.29 bits per heavy atom. The second-order valence-corrected chi connectivity index (χ2v) is 10.8. The molecular formula is C29H32F8O. The van der Waals surface area contributed by atoms with Crippen molar-refractivity contribution in [2.24, 2.45) is 17.8 Å². The van der Waals surface area contributed by atoms with Crippen molar-refractivity contribution in [2.75, 3.05) is 0 Å². The van der Waals surface area contributed by atoms with Crippen LogP contribution >= 0.6 is 0 Å². The van der Waals surface area contributed by atoms with Crippen molar-refractivity contribution in [1.29, 1.82) is 0 Å². The van der Waals surface area contributed by atoms with Gasteiger partial charge in [-0.3, -0.25) is 0 Å². The zero-order valence-corrected chi connectivity index (χ0v) is 21.3. The van der Waals surface area contributed by atoms with E-state index in [0.29, 0.717) is 24.7 Å². The number of alkyl halides is 3. The Bertz CT molecular complexity index is 1090. The molecule has 0 N–H and O–H groups in total. The second kappa shape index (κ2) is 11.8. The van der Waals surface area contributed by atoms with E-state index in [9.17, 15) is 35.1 Å². The highest BCUT2D eigenvalue weighted by molar-refractivity contribution is 5.44. The number of halogens is 8. The molecule has 2 fully saturated rings. The van der Waals surface area contributed by atoms with Gasteiger partial charge in [-0.15, -0.1) is 0 Å². The number of rotatable bonds is 7. The van der Waals surface area contributed by atoms with Crippen LogP contribution in [0.5, 0.6) is 11.5 Å². The normalized spacial score (nSPS) is 24.4. The molecule has 0 amide bonds. The molecule has 0 spiro atoms. The Kier molecular flexibility index (Phi) is 8.92. The lowest BCUT2D eigenvalue weighted by Gasteiger charge is -2.38. The van der Waals surface area contributed by atoms with Crippen LogP contribution in [0.1, 0.15) is 94.6 Å². The molecular weight excluding hydrogens is 516 g/mol. The minimum atomic E-state index is -5.29. The minimum absolute atomic E-state index is 0.254. The maximum absolute atomic E-state index is 15.0. The largest absolute Gasteiger partial charge is 0.454 e. The maximum atomic E-state index is 15.0. The number of hydrogen-bond donors (Lipinski definition) is 0. The van der Waals surface area contributed by atoms with Gasteiger partial charge in [-0.25, -0.2) is 22.0 Å². The van der Waals surface area contributed by atoms with Crippen LogP contribution in [0.3, 0.4) is 0 Å². The van der Waals surface area contributed by atoms with Gasteiger partial charge in [0.1, 0.15) is 22.9 Å². The summed E-state index contributed by atoms with van der Waals surface area (Å²) in [5, 5.41) is 0. The van der Waals surface area contributed by atoms with Crippen LogP contribution in [0.2, 0.25) is 0 Å². The monoisotopic (exact) mass is 548 g/mol. The molecule has 210 valence electrons. The Hall–Kier alpha value is -2.32. The summed E-state index contributed by atoms with van der Waals surface area (Å²) in [6, 6.07) is 0.766. The van der Waals surface area contributed by atoms with Gasteiger partial charge in [-0.1, -0.05) is 39.0 Å². The van der Waals surface area contributed by atoms with Crippen LogP contribution in [0.25, 0.3) is 0 Å². The Balaban J connectivity index is 1.51. The van der Waals surface area contributed by atoms with E-state index in [1.54, 1.807) is 0 Å². The summed E-state index contributed by atoms with van der Waals surface area (Å²) in [5.41, 5.74) is -2.50. The van der Waals surface area contributed by atoms with Gasteiger partial charge in [-0.05, 0) is 62.2 Å². The van der Waals surface area contributed by atoms with Crippen molar-refractivity contribution in [3.63, 3.8) is 0 Å². The van der Waals surface area contributed by atoms with Crippen LogP contribution in [0, 0.1) is 46.8 Å². The van der Waals surface area contributed by atoms with E-state index in [1.807, 2.05) is 0 Å². The van der Waals surface area contributed by atoms with Gasteiger partial charge in [0, 0.05) is 23.8 Å². The molecule has 1 nitrogen and oxygen atoms in total. The topological polar surface area (TPSA) is 9.23 Å². The molecule has 2 aliphatic carbocycles. The highest BCUT2D eigenvalue weighted by atomic mass is 19.4. The molecule has 2 aromatic rings. The van der Waals surface area contributed by atoms with E-state index in [0.717, 1.165) is 31.6 Å². The Morgan fingerprint density at radius 3 is 1.82 bits per heavy atom. The summed E-state index contributed by atoms with van der Waals surface area (Å²) in [6.45, 7) is 2.19. The van der Waals surface area contributed by atoms with Crippen molar-refractivity contribution in [2.45, 2.75) is 89.6 Å². The lowest BCUT2D eigenvalue weighted by molar-refractivity contribution is -0.142. The molecule has 9 heteroatoms. The van der Waals surface area contributed by atoms with Crippen LogP contribution in [0.15, 0.2) is 18.2 Å². The van der Waals surface area contributed by atoms with Crippen LogP contribution < -0.4 is 4.74 Å². The Morgan fingerprint density at radius 1 is 0.737 bits per heavy atom. The van der Waals surface area contributed by atoms with Crippen LogP contribution in [0.4, 0.5) is 35.1 Å². The molecule has 0 aliphatic heterocycles. The molecule has 0 saturated heterocycles. The van der Waals surface area contributed by atoms with Gasteiger partial charge in [0.2, 0.25) is 0 Å². The third-order valence-corrected chi connectivity index (χ3v) is 8.38. The fourth-order valence-electron chi connectivity index (χ4n) is 6.38. The molecule has 38 heavy (non-hydrogen) atoms. The third-order valence-electron chi connectivity index (χ3n) is 8.38. The predicted molar refractivity (Wildman–Crippen MR) is 127 cm³/mol. The summed E-state index contributed by atoms with van der Waals surface area (Å²) >= 11 is 0. The van der Waals surface area contributed by atoms with E-state index < -0.39 is 58.2 Å². The number of unbranched alkanes of at least 4 members (excludes halogenated alkanes) is 1. The second-order valence-electron chi connectivity index (χ2n) is 10.8. The van der Waals surface area contributed by atoms with Gasteiger partial charge in [0.25, 0.3) is 0 Å². The lowest BCUT2D eigenvalue weighted by Crippen LogP contribution is -2.26. The molecule has 2 aliphatic rings.